The molecule has 0 radical (unpaired) electrons. The van der Waals surface area contributed by atoms with Gasteiger partial charge in [0, 0.05) is 11.5 Å². The Hall–Kier alpha value is -0.960. The van der Waals surface area contributed by atoms with Gasteiger partial charge in [0.25, 0.3) is 5.92 Å². The summed E-state index contributed by atoms with van der Waals surface area (Å²) < 4.78 is 28.7. The van der Waals surface area contributed by atoms with Crippen molar-refractivity contribution in [1.82, 2.24) is 5.32 Å². The van der Waals surface area contributed by atoms with Gasteiger partial charge in [-0.15, -0.1) is 0 Å². The number of hydrogen-bond donors (Lipinski definition) is 1. The molecule has 0 aromatic heterocycles. The van der Waals surface area contributed by atoms with Gasteiger partial charge >= 0.3 is 0 Å². The van der Waals surface area contributed by atoms with Crippen molar-refractivity contribution in [1.29, 1.82) is 0 Å². The Morgan fingerprint density at radius 2 is 2.06 bits per heavy atom. The molecule has 1 aromatic rings. The van der Waals surface area contributed by atoms with Crippen LogP contribution in [-0.4, -0.2) is 13.1 Å². The van der Waals surface area contributed by atoms with Crippen LogP contribution in [0.25, 0.3) is 0 Å². The van der Waals surface area contributed by atoms with Crippen LogP contribution >= 0.6 is 0 Å². The first-order valence-corrected chi connectivity index (χ1v) is 6.26. The molecule has 1 aliphatic heterocycles. The van der Waals surface area contributed by atoms with Crippen LogP contribution in [0, 0.1) is 12.8 Å². The van der Waals surface area contributed by atoms with Crippen LogP contribution in [0.15, 0.2) is 24.3 Å². The largest absolute Gasteiger partial charge is 0.317 e. The average Bonchev–Trinajstić information content (AvgIpc) is 2.58. The van der Waals surface area contributed by atoms with E-state index < -0.39 is 11.8 Å². The Balaban J connectivity index is 2.21. The number of benzene rings is 1. The number of rotatable bonds is 2. The van der Waals surface area contributed by atoms with Crippen molar-refractivity contribution in [2.24, 2.45) is 5.92 Å². The number of halogens is 2. The predicted octanol–water partition coefficient (Wildman–Crippen LogP) is 3.48. The Labute approximate surface area is 101 Å². The maximum absolute atomic E-state index is 14.4. The zero-order valence-electron chi connectivity index (χ0n) is 10.2. The number of hydrogen-bond acceptors (Lipinski definition) is 1. The monoisotopic (exact) mass is 239 g/mol. The van der Waals surface area contributed by atoms with Crippen LogP contribution in [0.4, 0.5) is 8.78 Å². The highest BCUT2D eigenvalue weighted by Crippen LogP contribution is 2.40. The first-order valence-electron chi connectivity index (χ1n) is 6.26. The number of alkyl halides is 2. The summed E-state index contributed by atoms with van der Waals surface area (Å²) in [6.07, 6.45) is 2.00. The summed E-state index contributed by atoms with van der Waals surface area (Å²) >= 11 is 0. The smallest absolute Gasteiger partial charge is 0.276 e. The molecule has 1 N–H and O–H groups in total. The summed E-state index contributed by atoms with van der Waals surface area (Å²) in [5, 5.41) is 3.18. The molecular weight excluding hydrogens is 220 g/mol. The van der Waals surface area contributed by atoms with Gasteiger partial charge in [0.15, 0.2) is 0 Å². The first-order chi connectivity index (χ1) is 8.10. The van der Waals surface area contributed by atoms with E-state index in [1.54, 1.807) is 18.2 Å². The minimum atomic E-state index is -2.70. The maximum Gasteiger partial charge on any atom is 0.276 e. The van der Waals surface area contributed by atoms with Gasteiger partial charge in [-0.1, -0.05) is 29.8 Å². The second-order valence-electron chi connectivity index (χ2n) is 4.87. The fourth-order valence-electron chi connectivity index (χ4n) is 2.47. The normalized spacial score (nSPS) is 22.2. The second-order valence-corrected chi connectivity index (χ2v) is 4.87. The molecule has 0 amide bonds. The van der Waals surface area contributed by atoms with Crippen molar-refractivity contribution in [3.8, 4) is 0 Å². The lowest BCUT2D eigenvalue weighted by molar-refractivity contribution is -0.0695. The molecule has 0 saturated carbocycles. The third kappa shape index (κ3) is 2.83. The van der Waals surface area contributed by atoms with E-state index in [2.05, 4.69) is 5.32 Å². The predicted molar refractivity (Wildman–Crippen MR) is 65.3 cm³/mol. The van der Waals surface area contributed by atoms with E-state index in [1.807, 2.05) is 13.0 Å². The van der Waals surface area contributed by atoms with Crippen LogP contribution < -0.4 is 5.32 Å². The molecule has 1 saturated heterocycles. The summed E-state index contributed by atoms with van der Waals surface area (Å²) in [5.74, 6) is -3.22. The lowest BCUT2D eigenvalue weighted by atomic mass is 9.88. The molecule has 1 atom stereocenters. The van der Waals surface area contributed by atoms with E-state index in [0.29, 0.717) is 19.4 Å². The SMILES string of the molecule is Cc1cccc(C(F)(F)C2CCCNCC2)c1. The van der Waals surface area contributed by atoms with Crippen LogP contribution in [0.5, 0.6) is 0 Å². The molecule has 1 fully saturated rings. The summed E-state index contributed by atoms with van der Waals surface area (Å²) in [6.45, 7) is 3.42. The molecule has 94 valence electrons. The van der Waals surface area contributed by atoms with Gasteiger partial charge in [-0.3, -0.25) is 0 Å². The van der Waals surface area contributed by atoms with E-state index in [0.717, 1.165) is 18.5 Å². The summed E-state index contributed by atoms with van der Waals surface area (Å²) in [6, 6.07) is 6.73. The first kappa shape index (κ1) is 12.5. The number of aryl methyl sites for hydroxylation is 1. The van der Waals surface area contributed by atoms with Crippen molar-refractivity contribution in [2.45, 2.75) is 32.1 Å². The Kier molecular flexibility index (Phi) is 3.77. The molecule has 1 heterocycles. The second kappa shape index (κ2) is 5.13. The molecule has 3 heteroatoms. The van der Waals surface area contributed by atoms with Crippen LogP contribution in [0.2, 0.25) is 0 Å². The Morgan fingerprint density at radius 1 is 1.24 bits per heavy atom. The highest BCUT2D eigenvalue weighted by Gasteiger charge is 2.40. The minimum absolute atomic E-state index is 0.171. The molecule has 2 rings (SSSR count). The topological polar surface area (TPSA) is 12.0 Å². The van der Waals surface area contributed by atoms with Gasteiger partial charge in [-0.25, -0.2) is 8.78 Å². The molecule has 0 bridgehead atoms. The average molecular weight is 239 g/mol. The van der Waals surface area contributed by atoms with Crippen molar-refractivity contribution >= 4 is 0 Å². The standard InChI is InChI=1S/C14H19F2N/c1-11-4-2-5-13(10-11)14(15,16)12-6-3-8-17-9-7-12/h2,4-5,10,12,17H,3,6-9H2,1H3. The molecule has 1 aliphatic rings. The zero-order valence-corrected chi connectivity index (χ0v) is 10.2. The van der Waals surface area contributed by atoms with E-state index in [4.69, 9.17) is 0 Å². The molecule has 0 spiro atoms. The van der Waals surface area contributed by atoms with Crippen LogP contribution in [0.1, 0.15) is 30.4 Å². The highest BCUT2D eigenvalue weighted by atomic mass is 19.3. The third-order valence-electron chi connectivity index (χ3n) is 3.49. The quantitative estimate of drug-likeness (QED) is 0.833. The van der Waals surface area contributed by atoms with Crippen molar-refractivity contribution in [3.05, 3.63) is 35.4 Å². The van der Waals surface area contributed by atoms with Crippen molar-refractivity contribution in [2.75, 3.05) is 13.1 Å². The lowest BCUT2D eigenvalue weighted by Crippen LogP contribution is -2.27. The van der Waals surface area contributed by atoms with Crippen molar-refractivity contribution < 1.29 is 8.78 Å². The summed E-state index contributed by atoms with van der Waals surface area (Å²) in [5.41, 5.74) is 1.07. The van der Waals surface area contributed by atoms with Gasteiger partial charge in [0.2, 0.25) is 0 Å². The fourth-order valence-corrected chi connectivity index (χ4v) is 2.47. The van der Waals surface area contributed by atoms with Crippen LogP contribution in [-0.2, 0) is 5.92 Å². The minimum Gasteiger partial charge on any atom is -0.317 e. The van der Waals surface area contributed by atoms with Gasteiger partial charge < -0.3 is 5.32 Å². The van der Waals surface area contributed by atoms with Gasteiger partial charge in [0.1, 0.15) is 0 Å². The Morgan fingerprint density at radius 3 is 2.82 bits per heavy atom. The lowest BCUT2D eigenvalue weighted by Gasteiger charge is -2.26. The maximum atomic E-state index is 14.4. The van der Waals surface area contributed by atoms with E-state index in [-0.39, 0.29) is 5.56 Å². The molecule has 17 heavy (non-hydrogen) atoms. The van der Waals surface area contributed by atoms with Gasteiger partial charge in [0.05, 0.1) is 0 Å². The molecule has 0 aliphatic carbocycles. The fraction of sp³-hybridized carbons (Fsp3) is 0.571. The Bertz CT molecular complexity index is 368. The highest BCUT2D eigenvalue weighted by molar-refractivity contribution is 5.26. The third-order valence-corrected chi connectivity index (χ3v) is 3.49. The molecule has 1 unspecified atom stereocenters. The summed E-state index contributed by atoms with van der Waals surface area (Å²) in [7, 11) is 0. The van der Waals surface area contributed by atoms with E-state index in [9.17, 15) is 8.78 Å². The van der Waals surface area contributed by atoms with E-state index in [1.165, 1.54) is 0 Å². The zero-order chi connectivity index (χ0) is 12.3. The van der Waals surface area contributed by atoms with Gasteiger partial charge in [-0.05, 0) is 39.3 Å². The van der Waals surface area contributed by atoms with Crippen LogP contribution in [0.3, 0.4) is 0 Å². The number of nitrogens with one attached hydrogen (secondary N) is 1. The molecule has 1 nitrogen and oxygen atoms in total. The van der Waals surface area contributed by atoms with Crippen molar-refractivity contribution in [3.63, 3.8) is 0 Å². The van der Waals surface area contributed by atoms with Gasteiger partial charge in [-0.2, -0.15) is 0 Å². The van der Waals surface area contributed by atoms with E-state index >= 15 is 0 Å². The summed E-state index contributed by atoms with van der Waals surface area (Å²) in [4.78, 5) is 0. The molecular formula is C14H19F2N. The molecule has 1 aromatic carbocycles.